The molecule has 0 heterocycles. The fourth-order valence-electron chi connectivity index (χ4n) is 4.62. The summed E-state index contributed by atoms with van der Waals surface area (Å²) in [6, 6.07) is 0. The van der Waals surface area contributed by atoms with E-state index >= 15 is 0 Å². The lowest BCUT2D eigenvalue weighted by Crippen LogP contribution is -2.70. The van der Waals surface area contributed by atoms with Crippen molar-refractivity contribution in [3.63, 3.8) is 0 Å². The molecule has 0 spiro atoms. The number of hydrogen-bond donors (Lipinski definition) is 2. The van der Waals surface area contributed by atoms with E-state index in [1.807, 2.05) is 0 Å². The molecule has 0 radical (unpaired) electrons. The van der Waals surface area contributed by atoms with Gasteiger partial charge >= 0.3 is 83.5 Å². The zero-order chi connectivity index (χ0) is 45.4. The van der Waals surface area contributed by atoms with Crippen LogP contribution in [-0.4, -0.2) is 93.7 Å². The third-order valence-electron chi connectivity index (χ3n) is 8.14. The molecule has 0 rings (SSSR count). The van der Waals surface area contributed by atoms with Crippen LogP contribution in [-0.2, 0) is 9.59 Å². The molecule has 0 bridgehead atoms. The zero-order valence-corrected chi connectivity index (χ0v) is 26.8. The molecule has 0 fully saturated rings. The summed E-state index contributed by atoms with van der Waals surface area (Å²) < 4.78 is 343. The Labute approximate surface area is 294 Å². The molecule has 30 heteroatoms. The summed E-state index contributed by atoms with van der Waals surface area (Å²) in [6.07, 6.45) is -29.6. The normalized spacial score (nSPS) is 16.5. The van der Waals surface area contributed by atoms with Crippen molar-refractivity contribution in [2.24, 2.45) is 11.8 Å². The van der Waals surface area contributed by atoms with Gasteiger partial charge in [-0.1, -0.05) is 12.8 Å². The van der Waals surface area contributed by atoms with E-state index < -0.39 is 160 Å². The molecule has 0 aromatic rings. The van der Waals surface area contributed by atoms with E-state index in [2.05, 4.69) is 0 Å². The maximum atomic E-state index is 14.0. The minimum Gasteiger partial charge on any atom is -0.481 e. The SMILES string of the molecule is O=C(O)C(CCCCC(CCCC(F)(F)C(F)(F)C(F)(F)C(F)(F)C(F)(F)C(F)(F)F)C(=O)O)CCCC(F)(F)C(F)(F)C(F)(F)C(F)(F)C(F)(F)C(F)(F)F. The Kier molecular flexibility index (Phi) is 15.6. The molecular weight excluding hydrogens is 870 g/mol. The van der Waals surface area contributed by atoms with Gasteiger partial charge in [-0.3, -0.25) is 9.59 Å². The molecule has 4 nitrogen and oxygen atoms in total. The van der Waals surface area contributed by atoms with Crippen molar-refractivity contribution in [2.75, 3.05) is 0 Å². The molecule has 0 aliphatic heterocycles. The van der Waals surface area contributed by atoms with Crippen LogP contribution in [0.25, 0.3) is 0 Å². The maximum absolute atomic E-state index is 14.0. The van der Waals surface area contributed by atoms with Crippen LogP contribution in [0, 0.1) is 11.8 Å². The molecule has 0 amide bonds. The minimum absolute atomic E-state index is 0.604. The molecule has 0 saturated heterocycles. The number of carbonyl (C=O) groups is 2. The Morgan fingerprint density at radius 1 is 0.321 bits per heavy atom. The average Bonchev–Trinajstić information content (AvgIpc) is 2.98. The van der Waals surface area contributed by atoms with Gasteiger partial charge in [-0.15, -0.1) is 0 Å². The van der Waals surface area contributed by atoms with Gasteiger partial charge in [0.25, 0.3) is 0 Å². The van der Waals surface area contributed by atoms with Crippen molar-refractivity contribution in [3.05, 3.63) is 0 Å². The second-order valence-corrected chi connectivity index (χ2v) is 12.1. The monoisotopic (exact) mass is 894 g/mol. The van der Waals surface area contributed by atoms with Crippen LogP contribution in [0.4, 0.5) is 114 Å². The summed E-state index contributed by atoms with van der Waals surface area (Å²) in [5, 5.41) is 18.3. The van der Waals surface area contributed by atoms with Gasteiger partial charge in [-0.2, -0.15) is 114 Å². The fraction of sp³-hybridized carbons (Fsp3) is 0.923. The van der Waals surface area contributed by atoms with Gasteiger partial charge in [0.2, 0.25) is 0 Å². The first-order valence-electron chi connectivity index (χ1n) is 14.7. The molecule has 56 heavy (non-hydrogen) atoms. The van der Waals surface area contributed by atoms with Crippen molar-refractivity contribution in [1.29, 1.82) is 0 Å². The van der Waals surface area contributed by atoms with Gasteiger partial charge in [-0.25, -0.2) is 0 Å². The van der Waals surface area contributed by atoms with Crippen LogP contribution in [0.2, 0.25) is 0 Å². The molecule has 2 unspecified atom stereocenters. The Morgan fingerprint density at radius 2 is 0.518 bits per heavy atom. The van der Waals surface area contributed by atoms with E-state index in [1.165, 1.54) is 0 Å². The summed E-state index contributed by atoms with van der Waals surface area (Å²) in [4.78, 5) is 22.7. The van der Waals surface area contributed by atoms with Crippen LogP contribution in [0.1, 0.15) is 64.2 Å². The number of hydrogen-bond acceptors (Lipinski definition) is 2. The number of alkyl halides is 26. The Hall–Kier alpha value is -2.88. The predicted molar refractivity (Wildman–Crippen MR) is 130 cm³/mol. The summed E-state index contributed by atoms with van der Waals surface area (Å²) >= 11 is 0. The second-order valence-electron chi connectivity index (χ2n) is 12.1. The smallest absolute Gasteiger partial charge is 0.460 e. The maximum Gasteiger partial charge on any atom is 0.460 e. The van der Waals surface area contributed by atoms with E-state index in [-0.39, 0.29) is 0 Å². The van der Waals surface area contributed by atoms with E-state index in [0.717, 1.165) is 0 Å². The highest BCUT2D eigenvalue weighted by atomic mass is 19.4. The number of aliphatic carboxylic acids is 2. The number of halogens is 26. The van der Waals surface area contributed by atoms with Crippen molar-refractivity contribution in [2.45, 2.75) is 136 Å². The zero-order valence-electron chi connectivity index (χ0n) is 26.8. The second kappa shape index (κ2) is 16.4. The van der Waals surface area contributed by atoms with Gasteiger partial charge in [0.15, 0.2) is 0 Å². The van der Waals surface area contributed by atoms with E-state index in [9.17, 15) is 124 Å². The molecular formula is C26H24F26O4. The highest BCUT2D eigenvalue weighted by Crippen LogP contribution is 2.62. The Bertz CT molecular complexity index is 1230. The highest BCUT2D eigenvalue weighted by molar-refractivity contribution is 5.70. The van der Waals surface area contributed by atoms with Gasteiger partial charge < -0.3 is 10.2 Å². The standard InChI is InChI=1S/C26H24F26O4/c27-15(28,17(31,32)19(35,36)21(39,40)23(43,44)25(47,48)49)9-3-7-11(13(53)54)5-1-2-6-12(14(55)56)8-4-10-16(29,30)18(33,34)20(37,38)22(41,42)24(45,46)26(50,51)52/h11-12H,1-10H2,(H,53,54)(H,55,56). The summed E-state index contributed by atoms with van der Waals surface area (Å²) in [6.45, 7) is 0. The van der Waals surface area contributed by atoms with E-state index in [4.69, 9.17) is 10.2 Å². The van der Waals surface area contributed by atoms with Crippen molar-refractivity contribution in [1.82, 2.24) is 0 Å². The molecule has 2 N–H and O–H groups in total. The number of carboxylic acid groups (broad SMARTS) is 2. The van der Waals surface area contributed by atoms with Crippen LogP contribution in [0.15, 0.2) is 0 Å². The summed E-state index contributed by atoms with van der Waals surface area (Å²) in [5.74, 6) is -84.9. The van der Waals surface area contributed by atoms with Crippen LogP contribution in [0.5, 0.6) is 0 Å². The lowest BCUT2D eigenvalue weighted by Gasteiger charge is -2.39. The van der Waals surface area contributed by atoms with Crippen LogP contribution in [0.3, 0.4) is 0 Å². The lowest BCUT2D eigenvalue weighted by molar-refractivity contribution is -0.440. The summed E-state index contributed by atoms with van der Waals surface area (Å²) in [7, 11) is 0. The van der Waals surface area contributed by atoms with Crippen LogP contribution >= 0.6 is 0 Å². The van der Waals surface area contributed by atoms with Crippen LogP contribution < -0.4 is 0 Å². The summed E-state index contributed by atoms with van der Waals surface area (Å²) in [5.41, 5.74) is 0. The minimum atomic E-state index is -8.18. The first-order valence-corrected chi connectivity index (χ1v) is 14.7. The average molecular weight is 894 g/mol. The molecule has 0 aromatic carbocycles. The first-order chi connectivity index (χ1) is 24.3. The van der Waals surface area contributed by atoms with Crippen molar-refractivity contribution < 1.29 is 134 Å². The van der Waals surface area contributed by atoms with E-state index in [1.54, 1.807) is 0 Å². The van der Waals surface area contributed by atoms with Gasteiger partial charge in [0, 0.05) is 12.8 Å². The van der Waals surface area contributed by atoms with Crippen molar-refractivity contribution >= 4 is 11.9 Å². The largest absolute Gasteiger partial charge is 0.481 e. The Morgan fingerprint density at radius 3 is 0.714 bits per heavy atom. The number of rotatable bonds is 23. The Balaban J connectivity index is 5.57. The van der Waals surface area contributed by atoms with Gasteiger partial charge in [0.05, 0.1) is 11.8 Å². The highest BCUT2D eigenvalue weighted by Gasteiger charge is 2.92. The quantitative estimate of drug-likeness (QED) is 0.0792. The topological polar surface area (TPSA) is 74.6 Å². The van der Waals surface area contributed by atoms with Gasteiger partial charge in [-0.05, 0) is 38.5 Å². The predicted octanol–water partition coefficient (Wildman–Crippen LogP) is 11.8. The van der Waals surface area contributed by atoms with Gasteiger partial charge in [0.1, 0.15) is 0 Å². The molecule has 0 aromatic heterocycles. The number of unbranched alkanes of at least 4 members (excludes halogenated alkanes) is 1. The molecule has 334 valence electrons. The van der Waals surface area contributed by atoms with E-state index in [0.29, 0.717) is 0 Å². The molecule has 0 saturated carbocycles. The lowest BCUT2D eigenvalue weighted by atomic mass is 9.88. The molecule has 2 atom stereocenters. The molecule has 0 aliphatic rings. The first kappa shape index (κ1) is 53.1. The third kappa shape index (κ3) is 9.52. The molecule has 0 aliphatic carbocycles. The fourth-order valence-corrected chi connectivity index (χ4v) is 4.62. The van der Waals surface area contributed by atoms with Crippen molar-refractivity contribution in [3.8, 4) is 0 Å². The number of carboxylic acids is 2. The third-order valence-corrected chi connectivity index (χ3v) is 8.14.